The fourth-order valence-corrected chi connectivity index (χ4v) is 2.73. The molecule has 0 bridgehead atoms. The van der Waals surface area contributed by atoms with Crippen molar-refractivity contribution in [3.63, 3.8) is 0 Å². The normalized spacial score (nSPS) is 17.5. The zero-order chi connectivity index (χ0) is 12.4. The third kappa shape index (κ3) is 2.11. The van der Waals surface area contributed by atoms with E-state index in [0.29, 0.717) is 18.3 Å². The third-order valence-electron chi connectivity index (χ3n) is 3.66. The molecule has 0 spiro atoms. The molecule has 0 amide bonds. The van der Waals surface area contributed by atoms with E-state index in [1.807, 2.05) is 16.4 Å². The molecule has 2 rings (SSSR count). The maximum atomic E-state index is 12.1. The number of hydrogen-bond acceptors (Lipinski definition) is 3. The smallest absolute Gasteiger partial charge is 0.290 e. The van der Waals surface area contributed by atoms with Crippen LogP contribution in [0.4, 0.5) is 5.69 Å². The number of rotatable bonds is 3. The molecule has 0 saturated heterocycles. The highest BCUT2D eigenvalue weighted by Crippen LogP contribution is 2.28. The van der Waals surface area contributed by atoms with Gasteiger partial charge in [0.25, 0.3) is 5.56 Å². The Bertz CT molecular complexity index is 441. The molecule has 1 aromatic rings. The first kappa shape index (κ1) is 12.2. The van der Waals surface area contributed by atoms with Crippen molar-refractivity contribution in [3.8, 4) is 0 Å². The summed E-state index contributed by atoms with van der Waals surface area (Å²) in [7, 11) is 3.50. The van der Waals surface area contributed by atoms with E-state index < -0.39 is 0 Å². The molecule has 1 saturated carbocycles. The molecule has 1 aliphatic rings. The monoisotopic (exact) mass is 239 g/mol. The van der Waals surface area contributed by atoms with E-state index in [1.54, 1.807) is 7.11 Å². The number of methoxy groups -OCH3 is 1. The van der Waals surface area contributed by atoms with Gasteiger partial charge in [0, 0.05) is 14.2 Å². The molecule has 1 aromatic heterocycles. The number of ether oxygens (including phenoxy) is 1. The van der Waals surface area contributed by atoms with Crippen molar-refractivity contribution in [1.82, 2.24) is 9.36 Å². The van der Waals surface area contributed by atoms with Crippen LogP contribution in [0.15, 0.2) is 4.79 Å². The minimum Gasteiger partial charge on any atom is -0.393 e. The van der Waals surface area contributed by atoms with E-state index in [2.05, 4.69) is 0 Å². The van der Waals surface area contributed by atoms with Crippen LogP contribution in [0.3, 0.4) is 0 Å². The largest absolute Gasteiger partial charge is 0.393 e. The van der Waals surface area contributed by atoms with E-state index in [-0.39, 0.29) is 5.56 Å². The Morgan fingerprint density at radius 1 is 1.35 bits per heavy atom. The number of nitrogens with two attached hydrogens (primary N) is 1. The van der Waals surface area contributed by atoms with Crippen molar-refractivity contribution < 1.29 is 4.74 Å². The van der Waals surface area contributed by atoms with Crippen molar-refractivity contribution in [2.24, 2.45) is 7.05 Å². The van der Waals surface area contributed by atoms with Crippen molar-refractivity contribution in [1.29, 1.82) is 0 Å². The lowest BCUT2D eigenvalue weighted by molar-refractivity contribution is 0.174. The minimum atomic E-state index is -0.0635. The number of anilines is 1. The Labute approximate surface area is 101 Å². The van der Waals surface area contributed by atoms with Gasteiger partial charge in [0.1, 0.15) is 5.69 Å². The van der Waals surface area contributed by atoms with Gasteiger partial charge in [-0.3, -0.25) is 9.48 Å². The minimum absolute atomic E-state index is 0.0635. The summed E-state index contributed by atoms with van der Waals surface area (Å²) >= 11 is 0. The molecule has 1 aliphatic carbocycles. The van der Waals surface area contributed by atoms with Gasteiger partial charge in [-0.15, -0.1) is 0 Å². The number of nitrogens with zero attached hydrogens (tertiary/aromatic N) is 2. The zero-order valence-electron chi connectivity index (χ0n) is 10.6. The van der Waals surface area contributed by atoms with E-state index >= 15 is 0 Å². The highest BCUT2D eigenvalue weighted by Gasteiger charge is 2.23. The van der Waals surface area contributed by atoms with Gasteiger partial charge in [0.15, 0.2) is 0 Å². The average molecular weight is 239 g/mol. The topological polar surface area (TPSA) is 62.2 Å². The highest BCUT2D eigenvalue weighted by atomic mass is 16.5. The second-order valence-electron chi connectivity index (χ2n) is 4.76. The van der Waals surface area contributed by atoms with Crippen LogP contribution in [-0.4, -0.2) is 16.5 Å². The van der Waals surface area contributed by atoms with Crippen LogP contribution in [0.1, 0.15) is 43.8 Å². The van der Waals surface area contributed by atoms with Gasteiger partial charge < -0.3 is 10.5 Å². The van der Waals surface area contributed by atoms with Crippen LogP contribution in [0.25, 0.3) is 0 Å². The molecule has 1 fully saturated rings. The molecule has 0 unspecified atom stereocenters. The summed E-state index contributed by atoms with van der Waals surface area (Å²) in [6, 6.07) is 0.300. The predicted octanol–water partition coefficient (Wildman–Crippen LogP) is 1.42. The summed E-state index contributed by atoms with van der Waals surface area (Å²) < 4.78 is 8.77. The zero-order valence-corrected chi connectivity index (χ0v) is 10.6. The number of nitrogen functional groups attached to an aromatic ring is 1. The maximum absolute atomic E-state index is 12.1. The number of aromatic nitrogens is 2. The van der Waals surface area contributed by atoms with E-state index in [1.165, 1.54) is 19.3 Å². The molecule has 0 atom stereocenters. The van der Waals surface area contributed by atoms with Crippen LogP contribution in [-0.2, 0) is 18.4 Å². The van der Waals surface area contributed by atoms with Crippen molar-refractivity contribution >= 4 is 5.69 Å². The molecular weight excluding hydrogens is 218 g/mol. The van der Waals surface area contributed by atoms with Gasteiger partial charge in [0.2, 0.25) is 0 Å². The summed E-state index contributed by atoms with van der Waals surface area (Å²) in [4.78, 5) is 12.1. The molecule has 1 heterocycles. The van der Waals surface area contributed by atoms with Crippen molar-refractivity contribution in [3.05, 3.63) is 16.0 Å². The van der Waals surface area contributed by atoms with Gasteiger partial charge >= 0.3 is 0 Å². The summed E-state index contributed by atoms with van der Waals surface area (Å²) in [5.74, 6) is 0. The maximum Gasteiger partial charge on any atom is 0.290 e. The molecule has 0 radical (unpaired) electrons. The summed E-state index contributed by atoms with van der Waals surface area (Å²) in [5.41, 5.74) is 6.91. The summed E-state index contributed by atoms with van der Waals surface area (Å²) in [6.45, 7) is 0.386. The Morgan fingerprint density at radius 3 is 2.59 bits per heavy atom. The first-order valence-electron chi connectivity index (χ1n) is 6.21. The highest BCUT2D eigenvalue weighted by molar-refractivity contribution is 5.41. The first-order chi connectivity index (χ1) is 8.16. The summed E-state index contributed by atoms with van der Waals surface area (Å²) in [6.07, 6.45) is 5.81. The van der Waals surface area contributed by atoms with E-state index in [9.17, 15) is 4.79 Å². The second kappa shape index (κ2) is 4.96. The molecule has 0 aliphatic heterocycles. The Kier molecular flexibility index (Phi) is 3.57. The SMILES string of the molecule is COCc1c(N)c(=O)n(C2CCCCC2)n1C. The van der Waals surface area contributed by atoms with Crippen LogP contribution in [0, 0.1) is 0 Å². The second-order valence-corrected chi connectivity index (χ2v) is 4.76. The van der Waals surface area contributed by atoms with Crippen LogP contribution in [0.2, 0.25) is 0 Å². The van der Waals surface area contributed by atoms with Crippen molar-refractivity contribution in [2.45, 2.75) is 44.8 Å². The first-order valence-corrected chi connectivity index (χ1v) is 6.21. The van der Waals surface area contributed by atoms with Gasteiger partial charge in [0.05, 0.1) is 18.3 Å². The molecule has 5 nitrogen and oxygen atoms in total. The fraction of sp³-hybridized carbons (Fsp3) is 0.750. The lowest BCUT2D eigenvalue weighted by Gasteiger charge is -2.24. The third-order valence-corrected chi connectivity index (χ3v) is 3.66. The quantitative estimate of drug-likeness (QED) is 0.867. The Hall–Kier alpha value is -1.23. The molecular formula is C12H21N3O2. The lowest BCUT2D eigenvalue weighted by Crippen LogP contribution is -2.28. The van der Waals surface area contributed by atoms with Crippen LogP contribution >= 0.6 is 0 Å². The van der Waals surface area contributed by atoms with Crippen LogP contribution in [0.5, 0.6) is 0 Å². The Balaban J connectivity index is 2.39. The van der Waals surface area contributed by atoms with Crippen LogP contribution < -0.4 is 11.3 Å². The number of hydrogen-bond donors (Lipinski definition) is 1. The molecule has 5 heteroatoms. The predicted molar refractivity (Wildman–Crippen MR) is 66.9 cm³/mol. The Morgan fingerprint density at radius 2 is 2.00 bits per heavy atom. The van der Waals surface area contributed by atoms with E-state index in [4.69, 9.17) is 10.5 Å². The summed E-state index contributed by atoms with van der Waals surface area (Å²) in [5, 5.41) is 0. The van der Waals surface area contributed by atoms with Gasteiger partial charge in [-0.1, -0.05) is 19.3 Å². The lowest BCUT2D eigenvalue weighted by atomic mass is 9.96. The van der Waals surface area contributed by atoms with Gasteiger partial charge in [-0.2, -0.15) is 0 Å². The molecule has 96 valence electrons. The molecule has 0 aromatic carbocycles. The van der Waals surface area contributed by atoms with Gasteiger partial charge in [-0.05, 0) is 12.8 Å². The van der Waals surface area contributed by atoms with E-state index in [0.717, 1.165) is 18.5 Å². The molecule has 2 N–H and O–H groups in total. The average Bonchev–Trinajstić information content (AvgIpc) is 2.55. The standard InChI is InChI=1S/C12H21N3O2/c1-14-10(8-17-2)11(13)12(16)15(14)9-6-4-3-5-7-9/h9H,3-8,13H2,1-2H3. The molecule has 17 heavy (non-hydrogen) atoms. The van der Waals surface area contributed by atoms with Gasteiger partial charge in [-0.25, -0.2) is 4.68 Å². The fourth-order valence-electron chi connectivity index (χ4n) is 2.73. The van der Waals surface area contributed by atoms with Crippen molar-refractivity contribution in [2.75, 3.05) is 12.8 Å².